The molecular formula is C17H17BrN2O. The first kappa shape index (κ1) is 14.1. The maximum Gasteiger partial charge on any atom is 0.255 e. The van der Waals surface area contributed by atoms with Gasteiger partial charge in [0.1, 0.15) is 0 Å². The number of nitrogen functional groups attached to an aromatic ring is 1. The normalized spacial score (nSPS) is 13.6. The molecule has 2 aromatic carbocycles. The Kier molecular flexibility index (Phi) is 3.97. The van der Waals surface area contributed by atoms with Gasteiger partial charge >= 0.3 is 0 Å². The number of nitrogens with two attached hydrogens (primary N) is 1. The number of carbonyl (C=O) groups excluding carboxylic acids is 1. The maximum absolute atomic E-state index is 12.4. The topological polar surface area (TPSA) is 55.1 Å². The van der Waals surface area contributed by atoms with Crippen LogP contribution in [0.5, 0.6) is 0 Å². The van der Waals surface area contributed by atoms with E-state index in [-0.39, 0.29) is 5.91 Å². The van der Waals surface area contributed by atoms with E-state index in [1.807, 2.05) is 12.1 Å². The standard InChI is InChI=1S/C17H17BrN2O/c18-13-8-12(9-14(19)10-13)17(21)20-16-7-3-5-11-4-1-2-6-15(11)16/h3,5,7-10H,1-2,4,6,19H2,(H,20,21). The van der Waals surface area contributed by atoms with Crippen LogP contribution in [0, 0.1) is 0 Å². The highest BCUT2D eigenvalue weighted by Gasteiger charge is 2.15. The van der Waals surface area contributed by atoms with E-state index in [0.29, 0.717) is 11.3 Å². The molecule has 3 rings (SSSR count). The summed E-state index contributed by atoms with van der Waals surface area (Å²) in [5, 5.41) is 3.03. The van der Waals surface area contributed by atoms with E-state index in [1.165, 1.54) is 24.0 Å². The second kappa shape index (κ2) is 5.90. The van der Waals surface area contributed by atoms with Gasteiger partial charge in [-0.1, -0.05) is 28.1 Å². The average Bonchev–Trinajstić information content (AvgIpc) is 2.46. The van der Waals surface area contributed by atoms with Crippen LogP contribution in [0.25, 0.3) is 0 Å². The first-order valence-electron chi connectivity index (χ1n) is 7.11. The van der Waals surface area contributed by atoms with Crippen molar-refractivity contribution in [3.8, 4) is 0 Å². The van der Waals surface area contributed by atoms with Crippen molar-refractivity contribution in [3.63, 3.8) is 0 Å². The number of aryl methyl sites for hydroxylation is 1. The van der Waals surface area contributed by atoms with E-state index >= 15 is 0 Å². The first-order chi connectivity index (χ1) is 10.1. The van der Waals surface area contributed by atoms with E-state index in [2.05, 4.69) is 27.3 Å². The van der Waals surface area contributed by atoms with Crippen LogP contribution in [-0.4, -0.2) is 5.91 Å². The number of fused-ring (bicyclic) bond motifs is 1. The molecule has 0 bridgehead atoms. The van der Waals surface area contributed by atoms with E-state index in [0.717, 1.165) is 23.0 Å². The van der Waals surface area contributed by atoms with Gasteiger partial charge in [0, 0.05) is 21.4 Å². The van der Waals surface area contributed by atoms with Crippen LogP contribution in [-0.2, 0) is 12.8 Å². The summed E-state index contributed by atoms with van der Waals surface area (Å²) in [5.74, 6) is -0.123. The molecule has 0 aromatic heterocycles. The summed E-state index contributed by atoms with van der Waals surface area (Å²) in [7, 11) is 0. The molecule has 0 fully saturated rings. The van der Waals surface area contributed by atoms with Gasteiger partial charge in [-0.2, -0.15) is 0 Å². The Bertz CT molecular complexity index is 677. The Morgan fingerprint density at radius 1 is 1.14 bits per heavy atom. The SMILES string of the molecule is Nc1cc(Br)cc(C(=O)Nc2cccc3c2CCCC3)c1. The lowest BCUT2D eigenvalue weighted by Crippen LogP contribution is -2.15. The van der Waals surface area contributed by atoms with Gasteiger partial charge in [-0.05, 0) is 61.1 Å². The Hall–Kier alpha value is -1.81. The highest BCUT2D eigenvalue weighted by atomic mass is 79.9. The van der Waals surface area contributed by atoms with Gasteiger partial charge in [0.25, 0.3) is 5.91 Å². The van der Waals surface area contributed by atoms with Crippen LogP contribution >= 0.6 is 15.9 Å². The summed E-state index contributed by atoms with van der Waals surface area (Å²) in [4.78, 5) is 12.4. The summed E-state index contributed by atoms with van der Waals surface area (Å²) in [6.07, 6.45) is 4.55. The molecule has 3 nitrogen and oxygen atoms in total. The number of halogens is 1. The van der Waals surface area contributed by atoms with Crippen molar-refractivity contribution in [2.24, 2.45) is 0 Å². The monoisotopic (exact) mass is 344 g/mol. The first-order valence-corrected chi connectivity index (χ1v) is 7.91. The smallest absolute Gasteiger partial charge is 0.255 e. The molecule has 2 aromatic rings. The highest BCUT2D eigenvalue weighted by molar-refractivity contribution is 9.10. The summed E-state index contributed by atoms with van der Waals surface area (Å²) in [5.41, 5.74) is 10.5. The molecule has 0 saturated heterocycles. The van der Waals surface area contributed by atoms with Crippen molar-refractivity contribution in [2.45, 2.75) is 25.7 Å². The van der Waals surface area contributed by atoms with Gasteiger partial charge in [0.2, 0.25) is 0 Å². The van der Waals surface area contributed by atoms with Crippen LogP contribution in [0.3, 0.4) is 0 Å². The molecule has 108 valence electrons. The van der Waals surface area contributed by atoms with E-state index in [9.17, 15) is 4.79 Å². The van der Waals surface area contributed by atoms with Gasteiger partial charge in [0.05, 0.1) is 0 Å². The Labute approximate surface area is 132 Å². The minimum Gasteiger partial charge on any atom is -0.399 e. The Morgan fingerprint density at radius 2 is 1.95 bits per heavy atom. The lowest BCUT2D eigenvalue weighted by atomic mass is 9.90. The molecule has 0 spiro atoms. The van der Waals surface area contributed by atoms with E-state index in [1.54, 1.807) is 18.2 Å². The van der Waals surface area contributed by atoms with Crippen LogP contribution < -0.4 is 11.1 Å². The third-order valence-electron chi connectivity index (χ3n) is 3.83. The van der Waals surface area contributed by atoms with Crippen molar-refractivity contribution in [1.29, 1.82) is 0 Å². The number of rotatable bonds is 2. The second-order valence-electron chi connectivity index (χ2n) is 5.38. The fraction of sp³-hybridized carbons (Fsp3) is 0.235. The molecule has 0 heterocycles. The third kappa shape index (κ3) is 3.10. The highest BCUT2D eigenvalue weighted by Crippen LogP contribution is 2.28. The van der Waals surface area contributed by atoms with Crippen LogP contribution in [0.4, 0.5) is 11.4 Å². The molecule has 1 aliphatic rings. The minimum absolute atomic E-state index is 0.123. The quantitative estimate of drug-likeness (QED) is 0.803. The molecule has 0 aliphatic heterocycles. The fourth-order valence-corrected chi connectivity index (χ4v) is 3.35. The number of nitrogens with one attached hydrogen (secondary N) is 1. The molecular weight excluding hydrogens is 328 g/mol. The zero-order valence-electron chi connectivity index (χ0n) is 11.7. The average molecular weight is 345 g/mol. The lowest BCUT2D eigenvalue weighted by Gasteiger charge is -2.19. The van der Waals surface area contributed by atoms with Crippen molar-refractivity contribution in [2.75, 3.05) is 11.1 Å². The summed E-state index contributed by atoms with van der Waals surface area (Å²) in [6, 6.07) is 11.4. The van der Waals surface area contributed by atoms with Crippen molar-refractivity contribution < 1.29 is 4.79 Å². The van der Waals surface area contributed by atoms with Gasteiger partial charge in [-0.25, -0.2) is 0 Å². The predicted molar refractivity (Wildman–Crippen MR) is 89.6 cm³/mol. The van der Waals surface area contributed by atoms with Gasteiger partial charge < -0.3 is 11.1 Å². The lowest BCUT2D eigenvalue weighted by molar-refractivity contribution is 0.102. The number of carbonyl (C=O) groups is 1. The predicted octanol–water partition coefficient (Wildman–Crippen LogP) is 4.16. The number of anilines is 2. The largest absolute Gasteiger partial charge is 0.399 e. The molecule has 21 heavy (non-hydrogen) atoms. The minimum atomic E-state index is -0.123. The summed E-state index contributed by atoms with van der Waals surface area (Å²) >= 11 is 3.37. The zero-order valence-corrected chi connectivity index (χ0v) is 13.2. The third-order valence-corrected chi connectivity index (χ3v) is 4.28. The summed E-state index contributed by atoms with van der Waals surface area (Å²) < 4.78 is 0.808. The molecule has 0 atom stereocenters. The van der Waals surface area contributed by atoms with Crippen molar-refractivity contribution >= 4 is 33.2 Å². The number of hydrogen-bond donors (Lipinski definition) is 2. The Morgan fingerprint density at radius 3 is 2.76 bits per heavy atom. The molecule has 3 N–H and O–H groups in total. The molecule has 0 radical (unpaired) electrons. The second-order valence-corrected chi connectivity index (χ2v) is 6.29. The van der Waals surface area contributed by atoms with Gasteiger partial charge in [0.15, 0.2) is 0 Å². The molecule has 1 amide bonds. The maximum atomic E-state index is 12.4. The van der Waals surface area contributed by atoms with Crippen molar-refractivity contribution in [3.05, 3.63) is 57.6 Å². The zero-order chi connectivity index (χ0) is 14.8. The van der Waals surface area contributed by atoms with Crippen LogP contribution in [0.2, 0.25) is 0 Å². The molecule has 1 aliphatic carbocycles. The number of benzene rings is 2. The number of amides is 1. The van der Waals surface area contributed by atoms with Crippen LogP contribution in [0.15, 0.2) is 40.9 Å². The van der Waals surface area contributed by atoms with Crippen LogP contribution in [0.1, 0.15) is 34.3 Å². The Balaban J connectivity index is 1.88. The van der Waals surface area contributed by atoms with Crippen molar-refractivity contribution in [1.82, 2.24) is 0 Å². The number of hydrogen-bond acceptors (Lipinski definition) is 2. The van der Waals surface area contributed by atoms with Gasteiger partial charge in [-0.15, -0.1) is 0 Å². The van der Waals surface area contributed by atoms with E-state index in [4.69, 9.17) is 5.73 Å². The molecule has 0 saturated carbocycles. The van der Waals surface area contributed by atoms with E-state index < -0.39 is 0 Å². The molecule has 4 heteroatoms. The molecule has 0 unspecified atom stereocenters. The summed E-state index contributed by atoms with van der Waals surface area (Å²) in [6.45, 7) is 0. The fourth-order valence-electron chi connectivity index (χ4n) is 2.84. The van der Waals surface area contributed by atoms with Gasteiger partial charge in [-0.3, -0.25) is 4.79 Å².